The molecule has 0 bridgehead atoms. The van der Waals surface area contributed by atoms with Crippen LogP contribution in [-0.4, -0.2) is 18.0 Å². The quantitative estimate of drug-likeness (QED) is 0.445. The average Bonchev–Trinajstić information content (AvgIpc) is 2.72. The molecule has 0 aliphatic carbocycles. The third-order valence-corrected chi connectivity index (χ3v) is 1.92. The SMILES string of the molecule is CCC(=Cc1ccc(C(=O)OC)o1)[N+](=O)[O-]. The maximum Gasteiger partial charge on any atom is 0.373 e. The van der Waals surface area contributed by atoms with Gasteiger partial charge in [0, 0.05) is 6.42 Å². The minimum atomic E-state index is -0.612. The summed E-state index contributed by atoms with van der Waals surface area (Å²) in [5.74, 6) is -0.333. The van der Waals surface area contributed by atoms with Gasteiger partial charge in [-0.1, -0.05) is 6.92 Å². The van der Waals surface area contributed by atoms with Crippen molar-refractivity contribution in [3.63, 3.8) is 0 Å². The first kappa shape index (κ1) is 12.0. The molecule has 0 radical (unpaired) electrons. The monoisotopic (exact) mass is 225 g/mol. The number of nitrogens with zero attached hydrogens (tertiary/aromatic N) is 1. The molecular weight excluding hydrogens is 214 g/mol. The van der Waals surface area contributed by atoms with Gasteiger partial charge in [0.05, 0.1) is 18.1 Å². The molecule has 0 fully saturated rings. The molecule has 1 aromatic rings. The topological polar surface area (TPSA) is 82.6 Å². The van der Waals surface area contributed by atoms with Crippen LogP contribution in [0.1, 0.15) is 29.7 Å². The summed E-state index contributed by atoms with van der Waals surface area (Å²) < 4.78 is 9.50. The summed E-state index contributed by atoms with van der Waals surface area (Å²) in [6.45, 7) is 1.67. The molecule has 0 atom stereocenters. The predicted octanol–water partition coefficient (Wildman–Crippen LogP) is 2.09. The van der Waals surface area contributed by atoms with Crippen LogP contribution in [0.3, 0.4) is 0 Å². The Bertz CT molecular complexity index is 432. The van der Waals surface area contributed by atoms with Crippen molar-refractivity contribution in [2.24, 2.45) is 0 Å². The molecule has 0 amide bonds. The zero-order chi connectivity index (χ0) is 12.1. The Kier molecular flexibility index (Phi) is 3.82. The van der Waals surface area contributed by atoms with E-state index in [1.165, 1.54) is 25.3 Å². The highest BCUT2D eigenvalue weighted by Crippen LogP contribution is 2.14. The molecule has 0 aliphatic rings. The number of carbonyl (C=O) groups excluding carboxylic acids is 1. The van der Waals surface area contributed by atoms with Crippen LogP contribution >= 0.6 is 0 Å². The van der Waals surface area contributed by atoms with Crippen LogP contribution in [0.5, 0.6) is 0 Å². The highest BCUT2D eigenvalue weighted by Gasteiger charge is 2.13. The number of hydrogen-bond acceptors (Lipinski definition) is 5. The zero-order valence-corrected chi connectivity index (χ0v) is 8.93. The van der Waals surface area contributed by atoms with Gasteiger partial charge in [-0.05, 0) is 12.1 Å². The number of nitro groups is 1. The number of methoxy groups -OCH3 is 1. The molecule has 0 saturated carbocycles. The number of hydrogen-bond donors (Lipinski definition) is 0. The van der Waals surface area contributed by atoms with Gasteiger partial charge in [0.2, 0.25) is 11.5 Å². The molecule has 1 rings (SSSR count). The molecule has 86 valence electrons. The number of allylic oxidation sites excluding steroid dienone is 1. The summed E-state index contributed by atoms with van der Waals surface area (Å²) in [5.41, 5.74) is 0.0192. The van der Waals surface area contributed by atoms with Gasteiger partial charge in [0.15, 0.2) is 0 Å². The van der Waals surface area contributed by atoms with Crippen molar-refractivity contribution in [3.8, 4) is 0 Å². The van der Waals surface area contributed by atoms with Crippen molar-refractivity contribution in [2.75, 3.05) is 7.11 Å². The Morgan fingerprint density at radius 1 is 1.62 bits per heavy atom. The fourth-order valence-corrected chi connectivity index (χ4v) is 1.09. The summed E-state index contributed by atoms with van der Waals surface area (Å²) in [6, 6.07) is 2.89. The lowest BCUT2D eigenvalue weighted by molar-refractivity contribution is -0.425. The molecule has 0 aromatic carbocycles. The summed E-state index contributed by atoms with van der Waals surface area (Å²) in [4.78, 5) is 21.1. The van der Waals surface area contributed by atoms with Gasteiger partial charge in [-0.2, -0.15) is 0 Å². The van der Waals surface area contributed by atoms with Crippen LogP contribution in [0, 0.1) is 10.1 Å². The summed E-state index contributed by atoms with van der Waals surface area (Å²) in [7, 11) is 1.23. The van der Waals surface area contributed by atoms with Gasteiger partial charge in [-0.15, -0.1) is 0 Å². The molecular formula is C10H11NO5. The predicted molar refractivity (Wildman–Crippen MR) is 55.3 cm³/mol. The Hall–Kier alpha value is -2.11. The summed E-state index contributed by atoms with van der Waals surface area (Å²) in [5, 5.41) is 10.5. The minimum Gasteiger partial charge on any atom is -0.463 e. The van der Waals surface area contributed by atoms with Crippen LogP contribution in [0.4, 0.5) is 0 Å². The third kappa shape index (κ3) is 2.69. The van der Waals surface area contributed by atoms with Crippen molar-refractivity contribution < 1.29 is 18.9 Å². The van der Waals surface area contributed by atoms with Gasteiger partial charge < -0.3 is 9.15 Å². The van der Waals surface area contributed by atoms with Crippen molar-refractivity contribution in [3.05, 3.63) is 39.5 Å². The highest BCUT2D eigenvalue weighted by atomic mass is 16.6. The molecule has 6 nitrogen and oxygen atoms in total. The highest BCUT2D eigenvalue weighted by molar-refractivity contribution is 5.86. The van der Waals surface area contributed by atoms with Gasteiger partial charge in [0.25, 0.3) is 0 Å². The number of carbonyl (C=O) groups is 1. The number of rotatable bonds is 4. The van der Waals surface area contributed by atoms with Crippen LogP contribution in [-0.2, 0) is 4.74 Å². The molecule has 1 heterocycles. The maximum atomic E-state index is 11.0. The molecule has 0 saturated heterocycles. The Balaban J connectivity index is 2.94. The molecule has 0 N–H and O–H groups in total. The Labute approximate surface area is 91.7 Å². The first-order valence-electron chi connectivity index (χ1n) is 4.61. The van der Waals surface area contributed by atoms with E-state index in [1.54, 1.807) is 6.92 Å². The Morgan fingerprint density at radius 3 is 2.81 bits per heavy atom. The van der Waals surface area contributed by atoms with Crippen LogP contribution in [0.15, 0.2) is 22.2 Å². The average molecular weight is 225 g/mol. The van der Waals surface area contributed by atoms with Crippen molar-refractivity contribution in [1.82, 2.24) is 0 Å². The number of ether oxygens (including phenoxy) is 1. The third-order valence-electron chi connectivity index (χ3n) is 1.92. The first-order valence-corrected chi connectivity index (χ1v) is 4.61. The first-order chi connectivity index (χ1) is 7.58. The minimum absolute atomic E-state index is 0.0192. The van der Waals surface area contributed by atoms with E-state index in [9.17, 15) is 14.9 Å². The maximum absolute atomic E-state index is 11.0. The Morgan fingerprint density at radius 2 is 2.31 bits per heavy atom. The fourth-order valence-electron chi connectivity index (χ4n) is 1.09. The van der Waals surface area contributed by atoms with Crippen molar-refractivity contribution >= 4 is 12.0 Å². The molecule has 0 aliphatic heterocycles. The van der Waals surface area contributed by atoms with E-state index in [1.807, 2.05) is 0 Å². The lowest BCUT2D eigenvalue weighted by atomic mass is 10.3. The molecule has 16 heavy (non-hydrogen) atoms. The van der Waals surface area contributed by atoms with Crippen molar-refractivity contribution in [2.45, 2.75) is 13.3 Å². The molecule has 1 aromatic heterocycles. The standard InChI is InChI=1S/C10H11NO5/c1-3-7(11(13)14)6-8-4-5-9(16-8)10(12)15-2/h4-6H,3H2,1-2H3. The largest absolute Gasteiger partial charge is 0.463 e. The lowest BCUT2D eigenvalue weighted by Crippen LogP contribution is -1.98. The van der Waals surface area contributed by atoms with Gasteiger partial charge in [0.1, 0.15) is 5.76 Å². The van der Waals surface area contributed by atoms with E-state index in [4.69, 9.17) is 4.42 Å². The number of esters is 1. The normalized spacial score (nSPS) is 11.2. The summed E-state index contributed by atoms with van der Waals surface area (Å²) >= 11 is 0. The zero-order valence-electron chi connectivity index (χ0n) is 8.93. The second kappa shape index (κ2) is 5.11. The van der Waals surface area contributed by atoms with Gasteiger partial charge in [-0.25, -0.2) is 4.79 Å². The van der Waals surface area contributed by atoms with E-state index in [-0.39, 0.29) is 23.6 Å². The second-order valence-electron chi connectivity index (χ2n) is 2.94. The molecule has 6 heteroatoms. The van der Waals surface area contributed by atoms with Crippen molar-refractivity contribution in [1.29, 1.82) is 0 Å². The van der Waals surface area contributed by atoms with Crippen LogP contribution in [0.2, 0.25) is 0 Å². The molecule has 0 spiro atoms. The van der Waals surface area contributed by atoms with E-state index < -0.39 is 10.9 Å². The number of furan rings is 1. The van der Waals surface area contributed by atoms with E-state index in [0.717, 1.165) is 0 Å². The lowest BCUT2D eigenvalue weighted by Gasteiger charge is -1.93. The summed E-state index contributed by atoms with van der Waals surface area (Å²) in [6.07, 6.45) is 1.56. The van der Waals surface area contributed by atoms with E-state index in [0.29, 0.717) is 0 Å². The van der Waals surface area contributed by atoms with Crippen LogP contribution in [0.25, 0.3) is 6.08 Å². The smallest absolute Gasteiger partial charge is 0.373 e. The van der Waals surface area contributed by atoms with E-state index >= 15 is 0 Å². The molecule has 0 unspecified atom stereocenters. The van der Waals surface area contributed by atoms with E-state index in [2.05, 4.69) is 4.74 Å². The fraction of sp³-hybridized carbons (Fsp3) is 0.300. The van der Waals surface area contributed by atoms with Gasteiger partial charge in [-0.3, -0.25) is 10.1 Å². The second-order valence-corrected chi connectivity index (χ2v) is 2.94. The van der Waals surface area contributed by atoms with Gasteiger partial charge >= 0.3 is 5.97 Å². The van der Waals surface area contributed by atoms with Crippen LogP contribution < -0.4 is 0 Å².